The number of hydrogen-bond donors (Lipinski definition) is 1. The fraction of sp³-hybridized carbons (Fsp3) is 0.615. The van der Waals surface area contributed by atoms with Crippen LogP contribution in [0, 0.1) is 0 Å². The average molecular weight is 221 g/mol. The SMILES string of the molecule is CCCCN(C)Cc1ccnc(NCC)c1. The van der Waals surface area contributed by atoms with E-state index in [4.69, 9.17) is 0 Å². The summed E-state index contributed by atoms with van der Waals surface area (Å²) in [5, 5.41) is 3.23. The minimum absolute atomic E-state index is 0.919. The zero-order valence-corrected chi connectivity index (χ0v) is 10.7. The Morgan fingerprint density at radius 1 is 1.38 bits per heavy atom. The molecule has 0 aliphatic carbocycles. The Balaban J connectivity index is 2.49. The van der Waals surface area contributed by atoms with Crippen molar-refractivity contribution in [3.05, 3.63) is 23.9 Å². The highest BCUT2D eigenvalue weighted by molar-refractivity contribution is 5.37. The van der Waals surface area contributed by atoms with E-state index in [2.05, 4.69) is 48.2 Å². The molecule has 0 saturated carbocycles. The van der Waals surface area contributed by atoms with Crippen LogP contribution in [0.5, 0.6) is 0 Å². The molecule has 16 heavy (non-hydrogen) atoms. The van der Waals surface area contributed by atoms with Gasteiger partial charge >= 0.3 is 0 Å². The molecular formula is C13H23N3. The first kappa shape index (κ1) is 13.0. The predicted molar refractivity (Wildman–Crippen MR) is 69.6 cm³/mol. The molecule has 0 saturated heterocycles. The van der Waals surface area contributed by atoms with Crippen molar-refractivity contribution in [3.8, 4) is 0 Å². The molecule has 1 aromatic heterocycles. The third-order valence-corrected chi connectivity index (χ3v) is 2.53. The molecule has 0 aliphatic heterocycles. The molecule has 0 spiro atoms. The summed E-state index contributed by atoms with van der Waals surface area (Å²) >= 11 is 0. The maximum Gasteiger partial charge on any atom is 0.126 e. The number of nitrogens with one attached hydrogen (secondary N) is 1. The zero-order chi connectivity index (χ0) is 11.8. The van der Waals surface area contributed by atoms with E-state index in [1.807, 2.05) is 6.20 Å². The number of unbranched alkanes of at least 4 members (excludes halogenated alkanes) is 1. The lowest BCUT2D eigenvalue weighted by Crippen LogP contribution is -2.19. The van der Waals surface area contributed by atoms with Crippen molar-refractivity contribution in [3.63, 3.8) is 0 Å². The maximum absolute atomic E-state index is 4.27. The number of pyridine rings is 1. The summed E-state index contributed by atoms with van der Waals surface area (Å²) in [4.78, 5) is 6.62. The number of nitrogens with zero attached hydrogens (tertiary/aromatic N) is 2. The average Bonchev–Trinajstić information content (AvgIpc) is 2.27. The summed E-state index contributed by atoms with van der Waals surface area (Å²) in [6, 6.07) is 4.22. The van der Waals surface area contributed by atoms with Gasteiger partial charge in [0.1, 0.15) is 5.82 Å². The van der Waals surface area contributed by atoms with Crippen molar-refractivity contribution >= 4 is 5.82 Å². The van der Waals surface area contributed by atoms with Crippen molar-refractivity contribution in [1.82, 2.24) is 9.88 Å². The van der Waals surface area contributed by atoms with Crippen molar-refractivity contribution in [1.29, 1.82) is 0 Å². The zero-order valence-electron chi connectivity index (χ0n) is 10.7. The van der Waals surface area contributed by atoms with Crippen LogP contribution in [0.3, 0.4) is 0 Å². The van der Waals surface area contributed by atoms with E-state index >= 15 is 0 Å². The monoisotopic (exact) mass is 221 g/mol. The minimum Gasteiger partial charge on any atom is -0.370 e. The molecule has 0 bridgehead atoms. The number of aromatic nitrogens is 1. The fourth-order valence-corrected chi connectivity index (χ4v) is 1.67. The predicted octanol–water partition coefficient (Wildman–Crippen LogP) is 2.75. The third kappa shape index (κ3) is 4.62. The van der Waals surface area contributed by atoms with Gasteiger partial charge in [-0.2, -0.15) is 0 Å². The fourth-order valence-electron chi connectivity index (χ4n) is 1.67. The molecule has 0 unspecified atom stereocenters. The van der Waals surface area contributed by atoms with E-state index in [-0.39, 0.29) is 0 Å². The van der Waals surface area contributed by atoms with Crippen LogP contribution in [0.25, 0.3) is 0 Å². The van der Waals surface area contributed by atoms with Gasteiger partial charge < -0.3 is 10.2 Å². The lowest BCUT2D eigenvalue weighted by Gasteiger charge is -2.16. The highest BCUT2D eigenvalue weighted by atomic mass is 15.1. The first-order chi connectivity index (χ1) is 7.76. The maximum atomic E-state index is 4.27. The molecule has 0 aromatic carbocycles. The van der Waals surface area contributed by atoms with Crippen LogP contribution in [0.1, 0.15) is 32.3 Å². The summed E-state index contributed by atoms with van der Waals surface area (Å²) in [5.74, 6) is 0.976. The van der Waals surface area contributed by atoms with E-state index in [9.17, 15) is 0 Å². The summed E-state index contributed by atoms with van der Waals surface area (Å²) in [6.45, 7) is 7.39. The van der Waals surface area contributed by atoms with Crippen LogP contribution in [0.4, 0.5) is 5.82 Å². The van der Waals surface area contributed by atoms with Crippen molar-refractivity contribution in [2.75, 3.05) is 25.5 Å². The summed E-state index contributed by atoms with van der Waals surface area (Å²) in [5.41, 5.74) is 1.32. The van der Waals surface area contributed by atoms with E-state index in [1.165, 1.54) is 18.4 Å². The smallest absolute Gasteiger partial charge is 0.126 e. The quantitative estimate of drug-likeness (QED) is 0.767. The lowest BCUT2D eigenvalue weighted by molar-refractivity contribution is 0.321. The van der Waals surface area contributed by atoms with Gasteiger partial charge in [-0.15, -0.1) is 0 Å². The van der Waals surface area contributed by atoms with E-state index < -0.39 is 0 Å². The minimum atomic E-state index is 0.919. The molecule has 1 heterocycles. The summed E-state index contributed by atoms with van der Waals surface area (Å²) in [6.07, 6.45) is 4.39. The molecule has 1 N–H and O–H groups in total. The lowest BCUT2D eigenvalue weighted by atomic mass is 10.2. The number of anilines is 1. The van der Waals surface area contributed by atoms with Gasteiger partial charge in [-0.25, -0.2) is 4.98 Å². The van der Waals surface area contributed by atoms with Crippen LogP contribution in [-0.2, 0) is 6.54 Å². The Labute approximate surface area is 98.9 Å². The second-order valence-electron chi connectivity index (χ2n) is 4.17. The highest BCUT2D eigenvalue weighted by Gasteiger charge is 2.01. The first-order valence-electron chi connectivity index (χ1n) is 6.13. The molecule has 0 radical (unpaired) electrons. The topological polar surface area (TPSA) is 28.2 Å². The van der Waals surface area contributed by atoms with Gasteiger partial charge in [0.2, 0.25) is 0 Å². The van der Waals surface area contributed by atoms with Gasteiger partial charge in [0.05, 0.1) is 0 Å². The molecule has 0 amide bonds. The van der Waals surface area contributed by atoms with Crippen LogP contribution in [-0.4, -0.2) is 30.0 Å². The van der Waals surface area contributed by atoms with E-state index in [0.29, 0.717) is 0 Å². The van der Waals surface area contributed by atoms with Gasteiger partial charge in [0.15, 0.2) is 0 Å². The summed E-state index contributed by atoms with van der Waals surface area (Å²) in [7, 11) is 2.17. The molecular weight excluding hydrogens is 198 g/mol. The third-order valence-electron chi connectivity index (χ3n) is 2.53. The van der Waals surface area contributed by atoms with E-state index in [0.717, 1.165) is 25.5 Å². The molecule has 1 aromatic rings. The van der Waals surface area contributed by atoms with Crippen LogP contribution >= 0.6 is 0 Å². The van der Waals surface area contributed by atoms with Gasteiger partial charge in [-0.3, -0.25) is 0 Å². The Kier molecular flexibility index (Phi) is 5.86. The van der Waals surface area contributed by atoms with Crippen molar-refractivity contribution < 1.29 is 0 Å². The van der Waals surface area contributed by atoms with Gasteiger partial charge in [-0.05, 0) is 44.6 Å². The molecule has 3 nitrogen and oxygen atoms in total. The van der Waals surface area contributed by atoms with Gasteiger partial charge in [0.25, 0.3) is 0 Å². The standard InChI is InChI=1S/C13H23N3/c1-4-6-9-16(3)11-12-7-8-15-13(10-12)14-5-2/h7-8,10H,4-6,9,11H2,1-3H3,(H,14,15). The van der Waals surface area contributed by atoms with Crippen LogP contribution in [0.2, 0.25) is 0 Å². The largest absolute Gasteiger partial charge is 0.370 e. The Hall–Kier alpha value is -1.09. The van der Waals surface area contributed by atoms with Gasteiger partial charge in [-0.1, -0.05) is 13.3 Å². The molecule has 90 valence electrons. The molecule has 0 atom stereocenters. The first-order valence-corrected chi connectivity index (χ1v) is 6.13. The Bertz CT molecular complexity index is 299. The van der Waals surface area contributed by atoms with Gasteiger partial charge in [0, 0.05) is 19.3 Å². The molecule has 3 heteroatoms. The van der Waals surface area contributed by atoms with Crippen molar-refractivity contribution in [2.24, 2.45) is 0 Å². The molecule has 1 rings (SSSR count). The second-order valence-corrected chi connectivity index (χ2v) is 4.17. The number of rotatable bonds is 7. The van der Waals surface area contributed by atoms with Crippen molar-refractivity contribution in [2.45, 2.75) is 33.2 Å². The highest BCUT2D eigenvalue weighted by Crippen LogP contribution is 2.09. The van der Waals surface area contributed by atoms with E-state index in [1.54, 1.807) is 0 Å². The molecule has 0 aliphatic rings. The van der Waals surface area contributed by atoms with Crippen LogP contribution < -0.4 is 5.32 Å². The van der Waals surface area contributed by atoms with Crippen LogP contribution in [0.15, 0.2) is 18.3 Å². The summed E-state index contributed by atoms with van der Waals surface area (Å²) < 4.78 is 0. The number of hydrogen-bond acceptors (Lipinski definition) is 3. The Morgan fingerprint density at radius 3 is 2.88 bits per heavy atom. The normalized spacial score (nSPS) is 10.8. The second kappa shape index (κ2) is 7.23. The Morgan fingerprint density at radius 2 is 2.19 bits per heavy atom. The molecule has 0 fully saturated rings.